The molecule has 16 heavy (non-hydrogen) atoms. The lowest BCUT2D eigenvalue weighted by Gasteiger charge is -2.35. The fraction of sp³-hybridized carbons (Fsp3) is 1.00. The molecule has 2 fully saturated rings. The van der Waals surface area contributed by atoms with E-state index in [1.54, 1.807) is 8.61 Å². The molecule has 2 rings (SSSR count). The predicted molar refractivity (Wildman–Crippen MR) is 63.3 cm³/mol. The van der Waals surface area contributed by atoms with Crippen LogP contribution in [0.2, 0.25) is 0 Å². The van der Waals surface area contributed by atoms with E-state index in [0.29, 0.717) is 32.1 Å². The number of piperazine rings is 1. The largest absolute Gasteiger partial charge is 0.314 e. The first-order valence-electron chi connectivity index (χ1n) is 6.06. The van der Waals surface area contributed by atoms with Crippen molar-refractivity contribution >= 4 is 10.2 Å². The van der Waals surface area contributed by atoms with Gasteiger partial charge in [-0.15, -0.1) is 0 Å². The molecule has 0 bridgehead atoms. The standard InChI is InChI=1S/C10H21N3O2S/c1-10-2-6-12(7-3-10)16(14,15)13-8-4-11-5-9-13/h10-11H,2-9H2,1H3. The average Bonchev–Trinajstić information content (AvgIpc) is 2.31. The number of nitrogens with zero attached hydrogens (tertiary/aromatic N) is 2. The van der Waals surface area contributed by atoms with Crippen LogP contribution in [0.3, 0.4) is 0 Å². The molecule has 6 heteroatoms. The third-order valence-corrected chi connectivity index (χ3v) is 5.51. The molecule has 0 radical (unpaired) electrons. The van der Waals surface area contributed by atoms with Crippen LogP contribution < -0.4 is 5.32 Å². The second kappa shape index (κ2) is 5.00. The van der Waals surface area contributed by atoms with Crippen molar-refractivity contribution in [3.8, 4) is 0 Å². The lowest BCUT2D eigenvalue weighted by Crippen LogP contribution is -2.53. The molecule has 0 aromatic rings. The highest BCUT2D eigenvalue weighted by molar-refractivity contribution is 7.86. The highest BCUT2D eigenvalue weighted by Crippen LogP contribution is 2.20. The van der Waals surface area contributed by atoms with Gasteiger partial charge in [0.25, 0.3) is 10.2 Å². The third kappa shape index (κ3) is 2.56. The van der Waals surface area contributed by atoms with Gasteiger partial charge in [-0.2, -0.15) is 17.0 Å². The van der Waals surface area contributed by atoms with Crippen molar-refractivity contribution in [1.29, 1.82) is 0 Å². The Morgan fingerprint density at radius 3 is 2.06 bits per heavy atom. The molecule has 0 amide bonds. The summed E-state index contributed by atoms with van der Waals surface area (Å²) in [5.41, 5.74) is 0. The van der Waals surface area contributed by atoms with Crippen LogP contribution in [-0.4, -0.2) is 56.3 Å². The van der Waals surface area contributed by atoms with Crippen LogP contribution in [0.15, 0.2) is 0 Å². The molecule has 0 unspecified atom stereocenters. The minimum Gasteiger partial charge on any atom is -0.314 e. The number of hydrogen-bond acceptors (Lipinski definition) is 3. The third-order valence-electron chi connectivity index (χ3n) is 3.47. The Hall–Kier alpha value is -0.170. The van der Waals surface area contributed by atoms with E-state index < -0.39 is 10.2 Å². The molecule has 0 saturated carbocycles. The fourth-order valence-electron chi connectivity index (χ4n) is 2.25. The lowest BCUT2D eigenvalue weighted by molar-refractivity contribution is 0.256. The Labute approximate surface area is 98.0 Å². The van der Waals surface area contributed by atoms with Gasteiger partial charge < -0.3 is 5.32 Å². The van der Waals surface area contributed by atoms with Crippen LogP contribution in [0.4, 0.5) is 0 Å². The zero-order valence-corrected chi connectivity index (χ0v) is 10.7. The van der Waals surface area contributed by atoms with Crippen LogP contribution >= 0.6 is 0 Å². The molecule has 0 atom stereocenters. The summed E-state index contributed by atoms with van der Waals surface area (Å²) in [6, 6.07) is 0. The summed E-state index contributed by atoms with van der Waals surface area (Å²) in [5.74, 6) is 0.662. The lowest BCUT2D eigenvalue weighted by atomic mass is 10.0. The monoisotopic (exact) mass is 247 g/mol. The second-order valence-electron chi connectivity index (χ2n) is 4.74. The van der Waals surface area contributed by atoms with Crippen molar-refractivity contribution in [2.24, 2.45) is 5.92 Å². The van der Waals surface area contributed by atoms with Gasteiger partial charge in [-0.3, -0.25) is 0 Å². The maximum Gasteiger partial charge on any atom is 0.282 e. The molecule has 5 nitrogen and oxygen atoms in total. The Bertz CT molecular complexity index is 317. The van der Waals surface area contributed by atoms with Crippen LogP contribution in [0.5, 0.6) is 0 Å². The van der Waals surface area contributed by atoms with E-state index in [2.05, 4.69) is 12.2 Å². The topological polar surface area (TPSA) is 52.7 Å². The molecule has 0 aromatic carbocycles. The van der Waals surface area contributed by atoms with E-state index in [-0.39, 0.29) is 0 Å². The van der Waals surface area contributed by atoms with E-state index in [0.717, 1.165) is 25.9 Å². The molecule has 2 aliphatic heterocycles. The first-order valence-corrected chi connectivity index (χ1v) is 7.46. The molecule has 2 aliphatic rings. The van der Waals surface area contributed by atoms with Gasteiger partial charge in [0.2, 0.25) is 0 Å². The minimum absolute atomic E-state index is 0.606. The number of nitrogens with one attached hydrogen (secondary N) is 1. The van der Waals surface area contributed by atoms with Crippen molar-refractivity contribution < 1.29 is 8.42 Å². The van der Waals surface area contributed by atoms with Crippen molar-refractivity contribution in [3.05, 3.63) is 0 Å². The number of hydrogen-bond donors (Lipinski definition) is 1. The van der Waals surface area contributed by atoms with Gasteiger partial charge in [0.1, 0.15) is 0 Å². The van der Waals surface area contributed by atoms with Crippen LogP contribution in [0.25, 0.3) is 0 Å². The van der Waals surface area contributed by atoms with Crippen LogP contribution in [0, 0.1) is 5.92 Å². The summed E-state index contributed by atoms with van der Waals surface area (Å²) in [4.78, 5) is 0. The van der Waals surface area contributed by atoms with Gasteiger partial charge in [0.05, 0.1) is 0 Å². The minimum atomic E-state index is -3.18. The van der Waals surface area contributed by atoms with Gasteiger partial charge in [-0.1, -0.05) is 6.92 Å². The molecule has 2 saturated heterocycles. The van der Waals surface area contributed by atoms with Crippen molar-refractivity contribution in [3.63, 3.8) is 0 Å². The summed E-state index contributed by atoms with van der Waals surface area (Å²) in [6.07, 6.45) is 1.98. The van der Waals surface area contributed by atoms with Crippen molar-refractivity contribution in [2.75, 3.05) is 39.3 Å². The maximum absolute atomic E-state index is 12.3. The summed E-state index contributed by atoms with van der Waals surface area (Å²) in [5, 5.41) is 3.17. The Balaban J connectivity index is 2.00. The first kappa shape index (κ1) is 12.3. The van der Waals surface area contributed by atoms with Crippen molar-refractivity contribution in [1.82, 2.24) is 13.9 Å². The summed E-state index contributed by atoms with van der Waals surface area (Å²) in [7, 11) is -3.18. The first-order chi connectivity index (χ1) is 7.60. The van der Waals surface area contributed by atoms with Gasteiger partial charge in [0.15, 0.2) is 0 Å². The molecule has 1 N–H and O–H groups in total. The molecule has 0 aromatic heterocycles. The summed E-state index contributed by atoms with van der Waals surface area (Å²) >= 11 is 0. The van der Waals surface area contributed by atoms with Crippen LogP contribution in [0.1, 0.15) is 19.8 Å². The zero-order valence-electron chi connectivity index (χ0n) is 9.85. The molecular weight excluding hydrogens is 226 g/mol. The Kier molecular flexibility index (Phi) is 3.84. The van der Waals surface area contributed by atoms with E-state index in [9.17, 15) is 8.42 Å². The van der Waals surface area contributed by atoms with E-state index in [1.165, 1.54) is 0 Å². The summed E-state index contributed by atoms with van der Waals surface area (Å²) in [6.45, 7) is 6.31. The molecule has 2 heterocycles. The zero-order chi connectivity index (χ0) is 11.6. The molecule has 0 aliphatic carbocycles. The highest BCUT2D eigenvalue weighted by atomic mass is 32.2. The van der Waals surface area contributed by atoms with Gasteiger partial charge >= 0.3 is 0 Å². The quantitative estimate of drug-likeness (QED) is 0.739. The second-order valence-corrected chi connectivity index (χ2v) is 6.67. The average molecular weight is 247 g/mol. The number of rotatable bonds is 2. The molecular formula is C10H21N3O2S. The summed E-state index contributed by atoms with van der Waals surface area (Å²) < 4.78 is 27.8. The Morgan fingerprint density at radius 2 is 1.50 bits per heavy atom. The van der Waals surface area contributed by atoms with Crippen LogP contribution in [-0.2, 0) is 10.2 Å². The maximum atomic E-state index is 12.3. The SMILES string of the molecule is CC1CCN(S(=O)(=O)N2CCNCC2)CC1. The van der Waals surface area contributed by atoms with Gasteiger partial charge in [-0.25, -0.2) is 0 Å². The molecule has 94 valence electrons. The normalized spacial score (nSPS) is 27.1. The Morgan fingerprint density at radius 1 is 1.00 bits per heavy atom. The van der Waals surface area contributed by atoms with Crippen molar-refractivity contribution in [2.45, 2.75) is 19.8 Å². The van der Waals surface area contributed by atoms with E-state index in [4.69, 9.17) is 0 Å². The molecule has 0 spiro atoms. The highest BCUT2D eigenvalue weighted by Gasteiger charge is 2.32. The van der Waals surface area contributed by atoms with Gasteiger partial charge in [0, 0.05) is 39.3 Å². The van der Waals surface area contributed by atoms with E-state index in [1.807, 2.05) is 0 Å². The predicted octanol–water partition coefficient (Wildman–Crippen LogP) is -0.132. The van der Waals surface area contributed by atoms with Gasteiger partial charge in [-0.05, 0) is 18.8 Å². The smallest absolute Gasteiger partial charge is 0.282 e. The van der Waals surface area contributed by atoms with E-state index >= 15 is 0 Å². The number of piperidine rings is 1. The fourth-order valence-corrected chi connectivity index (χ4v) is 3.90.